The molecule has 1 unspecified atom stereocenters. The number of nitrogens with one attached hydrogen (secondary N) is 1. The summed E-state index contributed by atoms with van der Waals surface area (Å²) >= 11 is 0. The lowest BCUT2D eigenvalue weighted by Crippen LogP contribution is -2.36. The second-order valence-corrected chi connectivity index (χ2v) is 12.1. The average molecular weight is 602 g/mol. The van der Waals surface area contributed by atoms with Crippen molar-refractivity contribution in [3.8, 4) is 16.9 Å². The van der Waals surface area contributed by atoms with Crippen LogP contribution in [-0.4, -0.2) is 35.0 Å². The Morgan fingerprint density at radius 1 is 0.837 bits per heavy atom. The van der Waals surface area contributed by atoms with Crippen LogP contribution >= 0.6 is 0 Å². The number of ether oxygens (including phenoxy) is 3. The molecule has 0 fully saturated rings. The quantitative estimate of drug-likeness (QED) is 0.248. The molecule has 7 nitrogen and oxygen atoms in total. The molecular formula is C33H38F3NO6. The maximum absolute atomic E-state index is 13.9. The molecule has 0 aliphatic heterocycles. The normalized spacial score (nSPS) is 12.8. The highest BCUT2D eigenvalue weighted by Gasteiger charge is 2.31. The molecule has 0 aromatic heterocycles. The number of carbonyl (C=O) groups is 2. The zero-order valence-electron chi connectivity index (χ0n) is 25.2. The van der Waals surface area contributed by atoms with Gasteiger partial charge in [0.1, 0.15) is 23.6 Å². The van der Waals surface area contributed by atoms with Crippen LogP contribution < -0.4 is 10.1 Å². The maximum Gasteiger partial charge on any atom is 0.416 e. The summed E-state index contributed by atoms with van der Waals surface area (Å²) in [6.45, 7) is 9.75. The fourth-order valence-electron chi connectivity index (χ4n) is 4.21. The Balaban J connectivity index is 1.89. The van der Waals surface area contributed by atoms with Gasteiger partial charge in [0.25, 0.3) is 0 Å². The highest BCUT2D eigenvalue weighted by atomic mass is 19.4. The second kappa shape index (κ2) is 13.5. The number of alkyl carbamates (subject to hydrolysis) is 1. The molecule has 2 N–H and O–H groups in total. The molecular weight excluding hydrogens is 563 g/mol. The van der Waals surface area contributed by atoms with Crippen LogP contribution in [-0.2, 0) is 33.5 Å². The molecule has 0 aliphatic rings. The molecule has 0 heterocycles. The van der Waals surface area contributed by atoms with E-state index in [1.54, 1.807) is 96.1 Å². The number of carbonyl (C=O) groups excluding carboxylic acids is 2. The first kappa shape index (κ1) is 33.5. The second-order valence-electron chi connectivity index (χ2n) is 12.1. The van der Waals surface area contributed by atoms with Crippen molar-refractivity contribution in [3.63, 3.8) is 0 Å². The van der Waals surface area contributed by atoms with Crippen molar-refractivity contribution in [1.29, 1.82) is 0 Å². The van der Waals surface area contributed by atoms with Gasteiger partial charge in [-0.15, -0.1) is 0 Å². The fourth-order valence-corrected chi connectivity index (χ4v) is 4.21. The lowest BCUT2D eigenvalue weighted by Gasteiger charge is -2.23. The van der Waals surface area contributed by atoms with Gasteiger partial charge in [-0.05, 0) is 94.1 Å². The third-order valence-electron chi connectivity index (χ3n) is 5.94. The van der Waals surface area contributed by atoms with Crippen molar-refractivity contribution in [2.24, 2.45) is 0 Å². The van der Waals surface area contributed by atoms with E-state index in [-0.39, 0.29) is 24.2 Å². The van der Waals surface area contributed by atoms with Crippen molar-refractivity contribution in [2.75, 3.05) is 6.61 Å². The summed E-state index contributed by atoms with van der Waals surface area (Å²) in [5.74, 6) is -0.0968. The Labute approximate surface area is 250 Å². The number of rotatable bonds is 9. The lowest BCUT2D eigenvalue weighted by atomic mass is 9.96. The summed E-state index contributed by atoms with van der Waals surface area (Å²) in [4.78, 5) is 24.7. The monoisotopic (exact) mass is 601 g/mol. The zero-order chi connectivity index (χ0) is 32.0. The van der Waals surface area contributed by atoms with E-state index >= 15 is 0 Å². The van der Waals surface area contributed by atoms with Crippen molar-refractivity contribution < 1.29 is 42.1 Å². The standard InChI is InChI=1S/C33H38F3NO6/c1-31(2,3)42-29(39)18-24-10-7-8-13-28(24)41-20-21-14-25(17-26(15-21)33(34,35)36)22-11-9-12-23(16-22)27(19-38)37-30(40)43-32(4,5)6/h7-17,27,38H,18-20H2,1-6H3,(H,37,40). The third kappa shape index (κ3) is 10.6. The van der Waals surface area contributed by atoms with Gasteiger partial charge in [-0.2, -0.15) is 13.2 Å². The first-order valence-electron chi connectivity index (χ1n) is 13.8. The van der Waals surface area contributed by atoms with Crippen LogP contribution in [0.25, 0.3) is 11.1 Å². The SMILES string of the molecule is CC(C)(C)OC(=O)Cc1ccccc1OCc1cc(-c2cccc(C(CO)NC(=O)OC(C)(C)C)c2)cc(C(F)(F)F)c1. The summed E-state index contributed by atoms with van der Waals surface area (Å²) < 4.78 is 58.3. The number of para-hydroxylation sites is 1. The highest BCUT2D eigenvalue weighted by Crippen LogP contribution is 2.35. The molecule has 3 aromatic carbocycles. The maximum atomic E-state index is 13.9. The van der Waals surface area contributed by atoms with Crippen molar-refractivity contribution in [1.82, 2.24) is 5.32 Å². The molecule has 3 aromatic rings. The molecule has 232 valence electrons. The smallest absolute Gasteiger partial charge is 0.416 e. The van der Waals surface area contributed by atoms with Gasteiger partial charge in [0, 0.05) is 5.56 Å². The zero-order valence-corrected chi connectivity index (χ0v) is 25.2. The first-order chi connectivity index (χ1) is 19.9. The van der Waals surface area contributed by atoms with E-state index < -0.39 is 47.7 Å². The van der Waals surface area contributed by atoms with Gasteiger partial charge in [-0.1, -0.05) is 36.4 Å². The summed E-state index contributed by atoms with van der Waals surface area (Å²) in [6, 6.07) is 16.1. The largest absolute Gasteiger partial charge is 0.489 e. The average Bonchev–Trinajstić information content (AvgIpc) is 2.88. The number of hydrogen-bond acceptors (Lipinski definition) is 6. The Bertz CT molecular complexity index is 1420. The van der Waals surface area contributed by atoms with Crippen LogP contribution in [0.3, 0.4) is 0 Å². The van der Waals surface area contributed by atoms with E-state index in [1.807, 2.05) is 0 Å². The first-order valence-corrected chi connectivity index (χ1v) is 13.8. The molecule has 10 heteroatoms. The number of alkyl halides is 3. The van der Waals surface area contributed by atoms with Crippen LogP contribution in [0.4, 0.5) is 18.0 Å². The van der Waals surface area contributed by atoms with E-state index in [2.05, 4.69) is 5.32 Å². The summed E-state index contributed by atoms with van der Waals surface area (Å²) in [5, 5.41) is 12.5. The van der Waals surface area contributed by atoms with Crippen LogP contribution in [0.2, 0.25) is 0 Å². The molecule has 0 aliphatic carbocycles. The molecule has 0 radical (unpaired) electrons. The fraction of sp³-hybridized carbons (Fsp3) is 0.394. The molecule has 43 heavy (non-hydrogen) atoms. The lowest BCUT2D eigenvalue weighted by molar-refractivity contribution is -0.154. The van der Waals surface area contributed by atoms with Crippen LogP contribution in [0.15, 0.2) is 66.7 Å². The topological polar surface area (TPSA) is 94.1 Å². The Kier molecular flexibility index (Phi) is 10.5. The van der Waals surface area contributed by atoms with E-state index in [0.29, 0.717) is 22.4 Å². The van der Waals surface area contributed by atoms with Gasteiger partial charge in [-0.25, -0.2) is 4.79 Å². The number of esters is 1. The number of aliphatic hydroxyl groups is 1. The Hall–Kier alpha value is -4.05. The van der Waals surface area contributed by atoms with Crippen LogP contribution in [0, 0.1) is 0 Å². The van der Waals surface area contributed by atoms with Crippen molar-refractivity contribution in [2.45, 2.75) is 78.0 Å². The molecule has 0 spiro atoms. The van der Waals surface area contributed by atoms with Gasteiger partial charge in [0.2, 0.25) is 0 Å². The van der Waals surface area contributed by atoms with Gasteiger partial charge < -0.3 is 24.6 Å². The minimum absolute atomic E-state index is 0.0581. The minimum Gasteiger partial charge on any atom is -0.489 e. The van der Waals surface area contributed by atoms with Crippen LogP contribution in [0.5, 0.6) is 5.75 Å². The van der Waals surface area contributed by atoms with E-state index in [9.17, 15) is 27.9 Å². The number of hydrogen-bond donors (Lipinski definition) is 2. The summed E-state index contributed by atoms with van der Waals surface area (Å²) in [6.07, 6.45) is -5.41. The summed E-state index contributed by atoms with van der Waals surface area (Å²) in [5.41, 5.74) is -0.276. The predicted octanol–water partition coefficient (Wildman–Crippen LogP) is 7.39. The third-order valence-corrected chi connectivity index (χ3v) is 5.94. The van der Waals surface area contributed by atoms with E-state index in [0.717, 1.165) is 12.1 Å². The number of halogens is 3. The van der Waals surface area contributed by atoms with E-state index in [1.165, 1.54) is 0 Å². The molecule has 0 saturated heterocycles. The molecule has 0 bridgehead atoms. The number of aliphatic hydroxyl groups excluding tert-OH is 1. The number of benzene rings is 3. The molecule has 3 rings (SSSR count). The minimum atomic E-state index is -4.62. The molecule has 1 amide bonds. The van der Waals surface area contributed by atoms with Gasteiger partial charge in [0.05, 0.1) is 24.6 Å². The van der Waals surface area contributed by atoms with Gasteiger partial charge in [0.15, 0.2) is 0 Å². The van der Waals surface area contributed by atoms with E-state index in [4.69, 9.17) is 14.2 Å². The van der Waals surface area contributed by atoms with Crippen LogP contribution in [0.1, 0.15) is 69.8 Å². The predicted molar refractivity (Wildman–Crippen MR) is 156 cm³/mol. The Morgan fingerprint density at radius 2 is 1.51 bits per heavy atom. The highest BCUT2D eigenvalue weighted by molar-refractivity contribution is 5.74. The van der Waals surface area contributed by atoms with Crippen molar-refractivity contribution in [3.05, 3.63) is 89.0 Å². The summed E-state index contributed by atoms with van der Waals surface area (Å²) in [7, 11) is 0. The number of amides is 1. The van der Waals surface area contributed by atoms with Gasteiger partial charge in [-0.3, -0.25) is 4.79 Å². The Morgan fingerprint density at radius 3 is 2.14 bits per heavy atom. The molecule has 0 saturated carbocycles. The van der Waals surface area contributed by atoms with Gasteiger partial charge >= 0.3 is 18.2 Å². The van der Waals surface area contributed by atoms with Crippen molar-refractivity contribution >= 4 is 12.1 Å². The molecule has 1 atom stereocenters.